The van der Waals surface area contributed by atoms with Gasteiger partial charge in [0.2, 0.25) is 0 Å². The molecule has 2 aromatic rings. The van der Waals surface area contributed by atoms with Crippen LogP contribution < -0.4 is 4.74 Å². The van der Waals surface area contributed by atoms with Gasteiger partial charge in [-0.1, -0.05) is 30.3 Å². The smallest absolute Gasteiger partial charge is 0.150 e. The molecular formula is C17H16O3. The van der Waals surface area contributed by atoms with Gasteiger partial charge in [-0.25, -0.2) is 0 Å². The summed E-state index contributed by atoms with van der Waals surface area (Å²) in [6.07, 6.45) is 1.38. The second-order valence-corrected chi connectivity index (χ2v) is 4.56. The third-order valence-corrected chi connectivity index (χ3v) is 3.11. The van der Waals surface area contributed by atoms with Crippen molar-refractivity contribution in [3.63, 3.8) is 0 Å². The van der Waals surface area contributed by atoms with E-state index in [1.165, 1.54) is 0 Å². The Labute approximate surface area is 118 Å². The summed E-state index contributed by atoms with van der Waals surface area (Å²) in [5.41, 5.74) is 2.22. The fourth-order valence-corrected chi connectivity index (χ4v) is 2.08. The van der Waals surface area contributed by atoms with Crippen molar-refractivity contribution in [3.8, 4) is 5.75 Å². The summed E-state index contributed by atoms with van der Waals surface area (Å²) in [7, 11) is 1.56. The van der Waals surface area contributed by atoms with Crippen LogP contribution in [0.1, 0.15) is 21.5 Å². The van der Waals surface area contributed by atoms with Crippen LogP contribution in [0.3, 0.4) is 0 Å². The second kappa shape index (κ2) is 6.66. The van der Waals surface area contributed by atoms with Gasteiger partial charge in [-0.15, -0.1) is 0 Å². The number of ketones is 1. The lowest BCUT2D eigenvalue weighted by molar-refractivity contribution is -0.117. The topological polar surface area (TPSA) is 43.4 Å². The predicted molar refractivity (Wildman–Crippen MR) is 77.2 cm³/mol. The highest BCUT2D eigenvalue weighted by Crippen LogP contribution is 2.18. The first-order chi connectivity index (χ1) is 9.72. The standard InChI is InChI=1S/C17H16O3/c1-20-17-8-7-14(12-18)15(11-17)10-16(19)9-13-5-3-2-4-6-13/h2-8,11-12H,9-10H2,1H3. The third kappa shape index (κ3) is 3.54. The lowest BCUT2D eigenvalue weighted by atomic mass is 9.99. The molecule has 0 aliphatic rings. The van der Waals surface area contributed by atoms with E-state index < -0.39 is 0 Å². The first-order valence-electron chi connectivity index (χ1n) is 6.40. The molecule has 0 aliphatic carbocycles. The Balaban J connectivity index is 2.12. The van der Waals surface area contributed by atoms with Gasteiger partial charge in [-0.05, 0) is 29.3 Å². The summed E-state index contributed by atoms with van der Waals surface area (Å²) in [5, 5.41) is 0. The van der Waals surface area contributed by atoms with Crippen LogP contribution in [0.25, 0.3) is 0 Å². The number of hydrogen-bond acceptors (Lipinski definition) is 3. The summed E-state index contributed by atoms with van der Waals surface area (Å²) in [4.78, 5) is 23.1. The van der Waals surface area contributed by atoms with Crippen LogP contribution in [0.5, 0.6) is 5.75 Å². The Kier molecular flexibility index (Phi) is 4.66. The highest BCUT2D eigenvalue weighted by molar-refractivity contribution is 5.87. The number of carbonyl (C=O) groups excluding carboxylic acids is 2. The van der Waals surface area contributed by atoms with Crippen LogP contribution in [-0.2, 0) is 17.6 Å². The molecule has 102 valence electrons. The van der Waals surface area contributed by atoms with Crippen molar-refractivity contribution in [2.75, 3.05) is 7.11 Å². The van der Waals surface area contributed by atoms with Gasteiger partial charge < -0.3 is 4.74 Å². The van der Waals surface area contributed by atoms with Gasteiger partial charge in [0, 0.05) is 18.4 Å². The Morgan fingerprint density at radius 1 is 1.10 bits per heavy atom. The first kappa shape index (κ1) is 14.0. The summed E-state index contributed by atoms with van der Waals surface area (Å²) in [5.74, 6) is 0.727. The molecule has 0 aromatic heterocycles. The molecule has 0 fully saturated rings. The van der Waals surface area contributed by atoms with Crippen molar-refractivity contribution < 1.29 is 14.3 Å². The predicted octanol–water partition coefficient (Wildman–Crippen LogP) is 2.86. The monoisotopic (exact) mass is 268 g/mol. The Hall–Kier alpha value is -2.42. The van der Waals surface area contributed by atoms with Crippen molar-refractivity contribution in [3.05, 3.63) is 65.2 Å². The van der Waals surface area contributed by atoms with Crippen molar-refractivity contribution in [1.29, 1.82) is 0 Å². The van der Waals surface area contributed by atoms with Gasteiger partial charge in [0.25, 0.3) is 0 Å². The van der Waals surface area contributed by atoms with E-state index in [9.17, 15) is 9.59 Å². The fraction of sp³-hybridized carbons (Fsp3) is 0.176. The van der Waals surface area contributed by atoms with Gasteiger partial charge in [0.15, 0.2) is 0 Å². The van der Waals surface area contributed by atoms with E-state index >= 15 is 0 Å². The minimum absolute atomic E-state index is 0.0764. The quantitative estimate of drug-likeness (QED) is 0.757. The van der Waals surface area contributed by atoms with E-state index in [0.29, 0.717) is 23.3 Å². The summed E-state index contributed by atoms with van der Waals surface area (Å²) < 4.78 is 5.13. The zero-order chi connectivity index (χ0) is 14.4. The molecule has 0 heterocycles. The molecule has 0 amide bonds. The normalized spacial score (nSPS) is 10.1. The maximum absolute atomic E-state index is 12.1. The molecular weight excluding hydrogens is 252 g/mol. The minimum Gasteiger partial charge on any atom is -0.497 e. The lowest BCUT2D eigenvalue weighted by Crippen LogP contribution is -2.08. The maximum atomic E-state index is 12.1. The Bertz CT molecular complexity index is 603. The molecule has 20 heavy (non-hydrogen) atoms. The molecule has 0 spiro atoms. The van der Waals surface area contributed by atoms with Crippen molar-refractivity contribution in [1.82, 2.24) is 0 Å². The van der Waals surface area contributed by atoms with Crippen molar-refractivity contribution in [2.45, 2.75) is 12.8 Å². The number of ether oxygens (including phenoxy) is 1. The number of aldehydes is 1. The molecule has 2 aromatic carbocycles. The van der Waals surface area contributed by atoms with Gasteiger partial charge in [-0.2, -0.15) is 0 Å². The van der Waals surface area contributed by atoms with E-state index in [-0.39, 0.29) is 12.2 Å². The number of carbonyl (C=O) groups is 2. The Morgan fingerprint density at radius 3 is 2.50 bits per heavy atom. The molecule has 0 N–H and O–H groups in total. The average molecular weight is 268 g/mol. The van der Waals surface area contributed by atoms with Gasteiger partial charge in [-0.3, -0.25) is 9.59 Å². The third-order valence-electron chi connectivity index (χ3n) is 3.11. The zero-order valence-electron chi connectivity index (χ0n) is 11.3. The van der Waals surface area contributed by atoms with Crippen molar-refractivity contribution >= 4 is 12.1 Å². The van der Waals surface area contributed by atoms with E-state index in [0.717, 1.165) is 11.8 Å². The lowest BCUT2D eigenvalue weighted by Gasteiger charge is -2.07. The molecule has 0 radical (unpaired) electrons. The molecule has 0 bridgehead atoms. The van der Waals surface area contributed by atoms with E-state index in [4.69, 9.17) is 4.74 Å². The Morgan fingerprint density at radius 2 is 1.85 bits per heavy atom. The number of benzene rings is 2. The molecule has 2 rings (SSSR count). The number of Topliss-reactive ketones (excluding diaryl/α,β-unsaturated/α-hetero) is 1. The first-order valence-corrected chi connectivity index (χ1v) is 6.40. The molecule has 3 heteroatoms. The van der Waals surface area contributed by atoms with Crippen LogP contribution in [0.4, 0.5) is 0 Å². The van der Waals surface area contributed by atoms with Crippen molar-refractivity contribution in [2.24, 2.45) is 0 Å². The van der Waals surface area contributed by atoms with Crippen LogP contribution >= 0.6 is 0 Å². The number of hydrogen-bond donors (Lipinski definition) is 0. The van der Waals surface area contributed by atoms with E-state index in [2.05, 4.69) is 0 Å². The highest BCUT2D eigenvalue weighted by atomic mass is 16.5. The van der Waals surface area contributed by atoms with E-state index in [1.54, 1.807) is 25.3 Å². The second-order valence-electron chi connectivity index (χ2n) is 4.56. The molecule has 0 aliphatic heterocycles. The number of methoxy groups -OCH3 is 1. The molecule has 0 saturated heterocycles. The van der Waals surface area contributed by atoms with Crippen LogP contribution in [0.15, 0.2) is 48.5 Å². The van der Waals surface area contributed by atoms with Crippen LogP contribution in [-0.4, -0.2) is 19.2 Å². The minimum atomic E-state index is 0.0764. The largest absolute Gasteiger partial charge is 0.497 e. The van der Waals surface area contributed by atoms with Crippen LogP contribution in [0.2, 0.25) is 0 Å². The zero-order valence-corrected chi connectivity index (χ0v) is 11.3. The molecule has 0 atom stereocenters. The fourth-order valence-electron chi connectivity index (χ4n) is 2.08. The average Bonchev–Trinajstić information content (AvgIpc) is 2.48. The summed E-state index contributed by atoms with van der Waals surface area (Å²) in [6.45, 7) is 0. The molecule has 0 unspecified atom stereocenters. The van der Waals surface area contributed by atoms with Gasteiger partial charge in [0.1, 0.15) is 17.8 Å². The maximum Gasteiger partial charge on any atom is 0.150 e. The molecule has 0 saturated carbocycles. The van der Waals surface area contributed by atoms with Gasteiger partial charge in [0.05, 0.1) is 7.11 Å². The summed E-state index contributed by atoms with van der Waals surface area (Å²) >= 11 is 0. The number of rotatable bonds is 6. The van der Waals surface area contributed by atoms with E-state index in [1.807, 2.05) is 30.3 Å². The highest BCUT2D eigenvalue weighted by Gasteiger charge is 2.10. The summed E-state index contributed by atoms with van der Waals surface area (Å²) in [6, 6.07) is 14.7. The van der Waals surface area contributed by atoms with Gasteiger partial charge >= 0.3 is 0 Å². The SMILES string of the molecule is COc1ccc(C=O)c(CC(=O)Cc2ccccc2)c1. The molecule has 3 nitrogen and oxygen atoms in total. The van der Waals surface area contributed by atoms with Crippen LogP contribution in [0, 0.1) is 0 Å².